The normalized spacial score (nSPS) is 49.2. The van der Waals surface area contributed by atoms with Gasteiger partial charge in [-0.15, -0.1) is 0 Å². The highest BCUT2D eigenvalue weighted by Gasteiger charge is 2.39. The first-order valence-corrected chi connectivity index (χ1v) is 4.35. The monoisotopic (exact) mass is 175 g/mol. The molecule has 4 N–H and O–H groups in total. The Hall–Kier alpha value is -0.160. The Labute approximate surface area is 72.3 Å². The number of rotatable bonds is 1. The van der Waals surface area contributed by atoms with Gasteiger partial charge in [-0.25, -0.2) is 0 Å². The summed E-state index contributed by atoms with van der Waals surface area (Å²) in [6, 6.07) is -0.484. The van der Waals surface area contributed by atoms with Crippen molar-refractivity contribution < 1.29 is 14.9 Å². The Bertz CT molecular complexity index is 148. The van der Waals surface area contributed by atoms with Crippen LogP contribution in [0.3, 0.4) is 0 Å². The van der Waals surface area contributed by atoms with Gasteiger partial charge in [0.05, 0.1) is 24.4 Å². The molecule has 0 amide bonds. The van der Waals surface area contributed by atoms with Gasteiger partial charge in [-0.1, -0.05) is 6.92 Å². The average molecular weight is 175 g/mol. The van der Waals surface area contributed by atoms with Gasteiger partial charge in [-0.2, -0.15) is 0 Å². The zero-order valence-corrected chi connectivity index (χ0v) is 7.47. The molecule has 0 radical (unpaired) electrons. The van der Waals surface area contributed by atoms with Crippen molar-refractivity contribution in [1.82, 2.24) is 0 Å². The fraction of sp³-hybridized carbons (Fsp3) is 1.00. The highest BCUT2D eigenvalue weighted by atomic mass is 16.5. The molecule has 72 valence electrons. The zero-order valence-electron chi connectivity index (χ0n) is 7.47. The van der Waals surface area contributed by atoms with Crippen LogP contribution in [0, 0.1) is 0 Å². The maximum atomic E-state index is 9.47. The van der Waals surface area contributed by atoms with Crippen LogP contribution in [-0.2, 0) is 4.74 Å². The topological polar surface area (TPSA) is 75.7 Å². The molecule has 2 unspecified atom stereocenters. The molecule has 5 atom stereocenters. The van der Waals surface area contributed by atoms with Crippen molar-refractivity contribution in [2.24, 2.45) is 5.73 Å². The second kappa shape index (κ2) is 3.70. The lowest BCUT2D eigenvalue weighted by Crippen LogP contribution is -2.59. The summed E-state index contributed by atoms with van der Waals surface area (Å²) >= 11 is 0. The van der Waals surface area contributed by atoms with Crippen molar-refractivity contribution in [3.63, 3.8) is 0 Å². The molecule has 0 spiro atoms. The second-order valence-corrected chi connectivity index (χ2v) is 3.35. The van der Waals surface area contributed by atoms with E-state index >= 15 is 0 Å². The van der Waals surface area contributed by atoms with Crippen LogP contribution >= 0.6 is 0 Å². The van der Waals surface area contributed by atoms with Gasteiger partial charge in [0.15, 0.2) is 0 Å². The van der Waals surface area contributed by atoms with E-state index in [2.05, 4.69) is 0 Å². The van der Waals surface area contributed by atoms with Gasteiger partial charge in [0.2, 0.25) is 0 Å². The lowest BCUT2D eigenvalue weighted by Gasteiger charge is -2.39. The van der Waals surface area contributed by atoms with Crippen LogP contribution in [0.4, 0.5) is 0 Å². The molecule has 1 fully saturated rings. The standard InChI is InChI=1S/C8H17NO3/c1-3-5-7(10)8(11)6(9)4(2)12-5/h4-8,10-11H,3,9H2,1-2H3/t4-,5?,6?,7-,8-/m1/s1. The predicted octanol–water partition coefficient (Wildman–Crippen LogP) is -0.767. The minimum Gasteiger partial charge on any atom is -0.389 e. The maximum Gasteiger partial charge on any atom is 0.108 e. The molecule has 4 heteroatoms. The molecule has 0 bridgehead atoms. The molecule has 12 heavy (non-hydrogen) atoms. The SMILES string of the molecule is CCC1O[C@H](C)C(N)[C@@H](O)[C@@H]1O. The molecule has 0 aromatic rings. The number of aliphatic hydroxyl groups excluding tert-OH is 2. The Morgan fingerprint density at radius 1 is 1.33 bits per heavy atom. The van der Waals surface area contributed by atoms with Crippen LogP contribution in [-0.4, -0.2) is 40.7 Å². The molecule has 1 aliphatic rings. The number of aliphatic hydroxyl groups is 2. The summed E-state index contributed by atoms with van der Waals surface area (Å²) in [6.07, 6.45) is -1.49. The molecule has 4 nitrogen and oxygen atoms in total. The quantitative estimate of drug-likeness (QED) is 0.489. The van der Waals surface area contributed by atoms with Crippen molar-refractivity contribution in [1.29, 1.82) is 0 Å². The highest BCUT2D eigenvalue weighted by molar-refractivity contribution is 4.92. The highest BCUT2D eigenvalue weighted by Crippen LogP contribution is 2.21. The Morgan fingerprint density at radius 3 is 2.42 bits per heavy atom. The van der Waals surface area contributed by atoms with Gasteiger partial charge < -0.3 is 20.7 Å². The first-order chi connectivity index (χ1) is 5.57. The van der Waals surface area contributed by atoms with Crippen molar-refractivity contribution in [3.05, 3.63) is 0 Å². The maximum absolute atomic E-state index is 9.47. The van der Waals surface area contributed by atoms with Crippen molar-refractivity contribution in [2.45, 2.75) is 50.7 Å². The minimum atomic E-state index is -0.862. The molecular weight excluding hydrogens is 158 g/mol. The Kier molecular flexibility index (Phi) is 3.06. The lowest BCUT2D eigenvalue weighted by atomic mass is 9.93. The van der Waals surface area contributed by atoms with Crippen LogP contribution in [0.25, 0.3) is 0 Å². The first kappa shape index (κ1) is 9.92. The van der Waals surface area contributed by atoms with E-state index in [0.29, 0.717) is 6.42 Å². The van der Waals surface area contributed by atoms with Crippen molar-refractivity contribution in [3.8, 4) is 0 Å². The summed E-state index contributed by atoms with van der Waals surface area (Å²) in [5.74, 6) is 0. The van der Waals surface area contributed by atoms with Gasteiger partial charge in [-0.05, 0) is 13.3 Å². The third-order valence-electron chi connectivity index (χ3n) is 2.46. The third-order valence-corrected chi connectivity index (χ3v) is 2.46. The summed E-state index contributed by atoms with van der Waals surface area (Å²) in [4.78, 5) is 0. The number of hydrogen-bond donors (Lipinski definition) is 3. The van der Waals surface area contributed by atoms with E-state index in [1.807, 2.05) is 13.8 Å². The zero-order chi connectivity index (χ0) is 9.30. The van der Waals surface area contributed by atoms with Crippen LogP contribution < -0.4 is 5.73 Å². The lowest BCUT2D eigenvalue weighted by molar-refractivity contribution is -0.173. The molecule has 1 aliphatic heterocycles. The molecule has 0 aromatic heterocycles. The third kappa shape index (κ3) is 1.61. The molecular formula is C8H17NO3. The van der Waals surface area contributed by atoms with Gasteiger partial charge in [0.1, 0.15) is 6.10 Å². The van der Waals surface area contributed by atoms with E-state index in [4.69, 9.17) is 10.5 Å². The number of ether oxygens (including phenoxy) is 1. The fourth-order valence-electron chi connectivity index (χ4n) is 1.51. The fourth-order valence-corrected chi connectivity index (χ4v) is 1.51. The minimum absolute atomic E-state index is 0.187. The smallest absolute Gasteiger partial charge is 0.108 e. The van der Waals surface area contributed by atoms with Gasteiger partial charge in [0.25, 0.3) is 0 Å². The van der Waals surface area contributed by atoms with Crippen molar-refractivity contribution in [2.75, 3.05) is 0 Å². The van der Waals surface area contributed by atoms with E-state index in [9.17, 15) is 10.2 Å². The number of hydrogen-bond acceptors (Lipinski definition) is 4. The Morgan fingerprint density at radius 2 is 1.92 bits per heavy atom. The van der Waals surface area contributed by atoms with Crippen LogP contribution in [0.15, 0.2) is 0 Å². The summed E-state index contributed by atoms with van der Waals surface area (Å²) in [5, 5.41) is 18.9. The summed E-state index contributed by atoms with van der Waals surface area (Å²) in [6.45, 7) is 3.71. The van der Waals surface area contributed by atoms with Crippen molar-refractivity contribution >= 4 is 0 Å². The largest absolute Gasteiger partial charge is 0.389 e. The van der Waals surface area contributed by atoms with Gasteiger partial charge in [0, 0.05) is 0 Å². The van der Waals surface area contributed by atoms with E-state index < -0.39 is 18.2 Å². The van der Waals surface area contributed by atoms with E-state index in [1.54, 1.807) is 0 Å². The molecule has 0 saturated carbocycles. The molecule has 1 rings (SSSR count). The van der Waals surface area contributed by atoms with Gasteiger partial charge in [-0.3, -0.25) is 0 Å². The molecule has 1 saturated heterocycles. The Balaban J connectivity index is 2.63. The van der Waals surface area contributed by atoms with Crippen LogP contribution in [0.2, 0.25) is 0 Å². The number of nitrogens with two attached hydrogens (primary N) is 1. The molecule has 1 heterocycles. The predicted molar refractivity (Wildman–Crippen MR) is 44.6 cm³/mol. The second-order valence-electron chi connectivity index (χ2n) is 3.35. The molecule has 0 aliphatic carbocycles. The van der Waals surface area contributed by atoms with Gasteiger partial charge >= 0.3 is 0 Å². The van der Waals surface area contributed by atoms with E-state index in [0.717, 1.165) is 0 Å². The van der Waals surface area contributed by atoms with E-state index in [1.165, 1.54) is 0 Å². The average Bonchev–Trinajstić information content (AvgIpc) is 2.08. The summed E-state index contributed by atoms with van der Waals surface area (Å²) in [5.41, 5.74) is 5.59. The van der Waals surface area contributed by atoms with Crippen LogP contribution in [0.1, 0.15) is 20.3 Å². The first-order valence-electron chi connectivity index (χ1n) is 4.35. The summed E-state index contributed by atoms with van der Waals surface area (Å²) < 4.78 is 5.40. The molecule has 0 aromatic carbocycles. The van der Waals surface area contributed by atoms with Crippen LogP contribution in [0.5, 0.6) is 0 Å². The van der Waals surface area contributed by atoms with E-state index in [-0.39, 0.29) is 12.2 Å². The summed E-state index contributed by atoms with van der Waals surface area (Å²) in [7, 11) is 0.